The highest BCUT2D eigenvalue weighted by molar-refractivity contribution is 5.82. The van der Waals surface area contributed by atoms with Gasteiger partial charge in [0.25, 0.3) is 0 Å². The molecule has 1 unspecified atom stereocenters. The Morgan fingerprint density at radius 1 is 1.05 bits per heavy atom. The van der Waals surface area contributed by atoms with Crippen LogP contribution in [-0.4, -0.2) is 17.5 Å². The molecule has 0 bridgehead atoms. The summed E-state index contributed by atoms with van der Waals surface area (Å²) in [6.07, 6.45) is 9.45. The van der Waals surface area contributed by atoms with Crippen molar-refractivity contribution in [3.63, 3.8) is 0 Å². The summed E-state index contributed by atoms with van der Waals surface area (Å²) in [5, 5.41) is 9.76. The smallest absolute Gasteiger partial charge is 0.133 e. The first kappa shape index (κ1) is 14.2. The van der Waals surface area contributed by atoms with Gasteiger partial charge < -0.3 is 5.11 Å². The minimum atomic E-state index is 0.304. The van der Waals surface area contributed by atoms with Gasteiger partial charge in [-0.2, -0.15) is 0 Å². The second kappa shape index (κ2) is 4.57. The molecule has 4 saturated carbocycles. The Bertz CT molecular complexity index is 458. The van der Waals surface area contributed by atoms with Crippen molar-refractivity contribution in [2.75, 3.05) is 6.61 Å². The molecular formula is C19H30O2. The van der Waals surface area contributed by atoms with E-state index in [-0.39, 0.29) is 0 Å². The van der Waals surface area contributed by atoms with Crippen LogP contribution in [0.3, 0.4) is 0 Å². The second-order valence-electron chi connectivity index (χ2n) is 9.08. The standard InChI is InChI=1S/C19H30O2/c1-18-8-7-17-15(16(18)6-4-13(18)11-20)5-3-12-9-14(21)10-19(12,17)2/h12-13,15-17,20H,3-11H2,1-2H3/t12-,13?,15-,16-,17-,18+,19-/m0/s1. The van der Waals surface area contributed by atoms with Crippen LogP contribution < -0.4 is 0 Å². The van der Waals surface area contributed by atoms with Gasteiger partial charge in [0.05, 0.1) is 0 Å². The summed E-state index contributed by atoms with van der Waals surface area (Å²) in [7, 11) is 0. The zero-order valence-corrected chi connectivity index (χ0v) is 13.6. The van der Waals surface area contributed by atoms with Crippen LogP contribution in [-0.2, 0) is 4.79 Å². The quantitative estimate of drug-likeness (QED) is 0.797. The third kappa shape index (κ3) is 1.77. The molecule has 0 aliphatic heterocycles. The molecule has 1 N–H and O–H groups in total. The average Bonchev–Trinajstić information content (AvgIpc) is 2.93. The maximum absolute atomic E-state index is 12.0. The highest BCUT2D eigenvalue weighted by atomic mass is 16.3. The lowest BCUT2D eigenvalue weighted by molar-refractivity contribution is -0.119. The Balaban J connectivity index is 1.65. The summed E-state index contributed by atoms with van der Waals surface area (Å²) < 4.78 is 0. The van der Waals surface area contributed by atoms with Crippen LogP contribution in [0.5, 0.6) is 0 Å². The topological polar surface area (TPSA) is 37.3 Å². The molecule has 0 saturated heterocycles. The summed E-state index contributed by atoms with van der Waals surface area (Å²) in [5.74, 6) is 4.13. The Morgan fingerprint density at radius 2 is 1.81 bits per heavy atom. The molecule has 7 atom stereocenters. The SMILES string of the molecule is C[C@]12CC(=O)C[C@@H]1CC[C@@H]1[C@@H]2CC[C@]2(C)C(CO)CC[C@@H]12. The third-order valence-electron chi connectivity index (χ3n) is 8.53. The van der Waals surface area contributed by atoms with Gasteiger partial charge in [0, 0.05) is 19.4 Å². The number of fused-ring (bicyclic) bond motifs is 5. The van der Waals surface area contributed by atoms with Crippen molar-refractivity contribution in [1.82, 2.24) is 0 Å². The highest BCUT2D eigenvalue weighted by Crippen LogP contribution is 2.67. The van der Waals surface area contributed by atoms with E-state index < -0.39 is 0 Å². The number of aliphatic hydroxyl groups excluding tert-OH is 1. The summed E-state index contributed by atoms with van der Waals surface area (Å²) >= 11 is 0. The molecule has 118 valence electrons. The van der Waals surface area contributed by atoms with Gasteiger partial charge in [0.2, 0.25) is 0 Å². The van der Waals surface area contributed by atoms with Gasteiger partial charge in [-0.05, 0) is 78.9 Å². The van der Waals surface area contributed by atoms with E-state index in [2.05, 4.69) is 13.8 Å². The Hall–Kier alpha value is -0.370. The molecule has 0 radical (unpaired) electrons. The van der Waals surface area contributed by atoms with Gasteiger partial charge in [-0.15, -0.1) is 0 Å². The summed E-state index contributed by atoms with van der Waals surface area (Å²) in [6.45, 7) is 5.26. The zero-order valence-electron chi connectivity index (χ0n) is 13.6. The number of carbonyl (C=O) groups is 1. The second-order valence-corrected chi connectivity index (χ2v) is 9.08. The Morgan fingerprint density at radius 3 is 2.57 bits per heavy atom. The number of hydrogen-bond acceptors (Lipinski definition) is 2. The predicted octanol–water partition coefficient (Wildman–Crippen LogP) is 3.82. The molecule has 4 aliphatic rings. The lowest BCUT2D eigenvalue weighted by Crippen LogP contribution is -2.50. The molecule has 0 aromatic heterocycles. The number of Topliss-reactive ketones (excluding diaryl/α,β-unsaturated/α-hetero) is 1. The van der Waals surface area contributed by atoms with E-state index in [9.17, 15) is 9.90 Å². The minimum absolute atomic E-state index is 0.304. The van der Waals surface area contributed by atoms with Crippen molar-refractivity contribution in [3.05, 3.63) is 0 Å². The van der Waals surface area contributed by atoms with Crippen LogP contribution in [0.4, 0.5) is 0 Å². The lowest BCUT2D eigenvalue weighted by Gasteiger charge is -2.57. The van der Waals surface area contributed by atoms with Crippen molar-refractivity contribution in [2.24, 2.45) is 40.4 Å². The molecule has 4 fully saturated rings. The van der Waals surface area contributed by atoms with Gasteiger partial charge in [-0.3, -0.25) is 4.79 Å². The van der Waals surface area contributed by atoms with Crippen molar-refractivity contribution < 1.29 is 9.90 Å². The van der Waals surface area contributed by atoms with Crippen LogP contribution in [0, 0.1) is 40.4 Å². The van der Waals surface area contributed by atoms with E-state index in [0.717, 1.165) is 30.6 Å². The number of ketones is 1. The van der Waals surface area contributed by atoms with E-state index in [1.807, 2.05) is 0 Å². The highest BCUT2D eigenvalue weighted by Gasteiger charge is 2.61. The minimum Gasteiger partial charge on any atom is -0.396 e. The van der Waals surface area contributed by atoms with Gasteiger partial charge in [-0.25, -0.2) is 0 Å². The molecular weight excluding hydrogens is 260 g/mol. The Labute approximate surface area is 128 Å². The van der Waals surface area contributed by atoms with Crippen molar-refractivity contribution >= 4 is 5.78 Å². The van der Waals surface area contributed by atoms with Crippen LogP contribution >= 0.6 is 0 Å². The summed E-state index contributed by atoms with van der Waals surface area (Å²) in [6, 6.07) is 0. The molecule has 4 rings (SSSR count). The number of carbonyl (C=O) groups excluding carboxylic acids is 1. The van der Waals surface area contributed by atoms with Gasteiger partial charge in [0.1, 0.15) is 5.78 Å². The average molecular weight is 290 g/mol. The Kier molecular flexibility index (Phi) is 3.10. The summed E-state index contributed by atoms with van der Waals surface area (Å²) in [5.41, 5.74) is 0.681. The molecule has 2 nitrogen and oxygen atoms in total. The van der Waals surface area contributed by atoms with E-state index in [1.165, 1.54) is 38.5 Å². The largest absolute Gasteiger partial charge is 0.396 e. The van der Waals surface area contributed by atoms with Crippen LogP contribution in [0.15, 0.2) is 0 Å². The van der Waals surface area contributed by atoms with Crippen molar-refractivity contribution in [1.29, 1.82) is 0 Å². The van der Waals surface area contributed by atoms with Crippen molar-refractivity contribution in [3.8, 4) is 0 Å². The van der Waals surface area contributed by atoms with Crippen LogP contribution in [0.25, 0.3) is 0 Å². The van der Waals surface area contributed by atoms with Gasteiger partial charge >= 0.3 is 0 Å². The lowest BCUT2D eigenvalue weighted by atomic mass is 9.47. The maximum atomic E-state index is 12.0. The fourth-order valence-electron chi connectivity index (χ4n) is 7.33. The monoisotopic (exact) mass is 290 g/mol. The summed E-state index contributed by atoms with van der Waals surface area (Å²) in [4.78, 5) is 12.0. The fourth-order valence-corrected chi connectivity index (χ4v) is 7.33. The maximum Gasteiger partial charge on any atom is 0.133 e. The number of rotatable bonds is 1. The molecule has 0 amide bonds. The van der Waals surface area contributed by atoms with Crippen LogP contribution in [0.1, 0.15) is 65.2 Å². The molecule has 0 aromatic carbocycles. The fraction of sp³-hybridized carbons (Fsp3) is 0.947. The molecule has 2 heteroatoms. The molecule has 4 aliphatic carbocycles. The van der Waals surface area contributed by atoms with Crippen LogP contribution in [0.2, 0.25) is 0 Å². The van der Waals surface area contributed by atoms with E-state index in [1.54, 1.807) is 0 Å². The van der Waals surface area contributed by atoms with E-state index in [4.69, 9.17) is 0 Å². The zero-order chi connectivity index (χ0) is 14.8. The third-order valence-corrected chi connectivity index (χ3v) is 8.53. The molecule has 0 heterocycles. The molecule has 0 aromatic rings. The predicted molar refractivity (Wildman–Crippen MR) is 82.7 cm³/mol. The first-order valence-corrected chi connectivity index (χ1v) is 9.11. The van der Waals surface area contributed by atoms with Gasteiger partial charge in [-0.1, -0.05) is 13.8 Å². The van der Waals surface area contributed by atoms with Crippen molar-refractivity contribution in [2.45, 2.75) is 65.2 Å². The number of aliphatic hydroxyl groups is 1. The van der Waals surface area contributed by atoms with E-state index >= 15 is 0 Å². The normalized spacial score (nSPS) is 56.0. The first-order valence-electron chi connectivity index (χ1n) is 9.11. The molecule has 21 heavy (non-hydrogen) atoms. The number of hydrogen-bond donors (Lipinski definition) is 1. The first-order chi connectivity index (χ1) is 9.99. The van der Waals surface area contributed by atoms with Gasteiger partial charge in [0.15, 0.2) is 0 Å². The molecule has 0 spiro atoms. The van der Waals surface area contributed by atoms with E-state index in [0.29, 0.717) is 35.1 Å².